The van der Waals surface area contributed by atoms with Crippen molar-refractivity contribution in [3.63, 3.8) is 0 Å². The van der Waals surface area contributed by atoms with Crippen LogP contribution in [0.1, 0.15) is 0 Å². The molecule has 1 aliphatic carbocycles. The number of fused-ring (bicyclic) bond motifs is 4. The summed E-state index contributed by atoms with van der Waals surface area (Å²) in [7, 11) is 0. The molecule has 2 aliphatic rings. The fourth-order valence-electron chi connectivity index (χ4n) is 9.12. The lowest BCUT2D eigenvalue weighted by molar-refractivity contribution is 0.269. The van der Waals surface area contributed by atoms with Gasteiger partial charge in [0.2, 0.25) is 0 Å². The predicted molar refractivity (Wildman–Crippen MR) is 224 cm³/mol. The number of hydrogen-bond acceptors (Lipinski definition) is 3. The third kappa shape index (κ3) is 4.29. The van der Waals surface area contributed by atoms with E-state index in [1.807, 2.05) is 84.4 Å². The first kappa shape index (κ1) is 31.1. The first-order chi connectivity index (χ1) is 27.6. The van der Waals surface area contributed by atoms with Gasteiger partial charge in [-0.2, -0.15) is 10.2 Å². The van der Waals surface area contributed by atoms with Gasteiger partial charge >= 0.3 is 0 Å². The second-order valence-corrected chi connectivity index (χ2v) is 14.6. The molecule has 0 saturated heterocycles. The molecule has 0 radical (unpaired) electrons. The molecule has 7 aromatic carbocycles. The van der Waals surface area contributed by atoms with Crippen LogP contribution in [0.5, 0.6) is 0 Å². The molecule has 12 rings (SSSR count). The number of aromatic nitrogens is 3. The molecule has 4 heterocycles. The maximum absolute atomic E-state index is 17.0. The highest BCUT2D eigenvalue weighted by Crippen LogP contribution is 2.46. The average molecular weight is 731 g/mol. The summed E-state index contributed by atoms with van der Waals surface area (Å²) in [5, 5.41) is 13.3. The van der Waals surface area contributed by atoms with Crippen molar-refractivity contribution >= 4 is 76.4 Å². The van der Waals surface area contributed by atoms with Gasteiger partial charge in [0, 0.05) is 91.3 Å². The maximum atomic E-state index is 17.0. The summed E-state index contributed by atoms with van der Waals surface area (Å²) in [5.74, 6) is -0.605. The van der Waals surface area contributed by atoms with Crippen molar-refractivity contribution in [2.45, 2.75) is 6.04 Å². The Hall–Kier alpha value is -7.32. The zero-order chi connectivity index (χ0) is 37.1. The standard InChI is InChI=1S/C48H32F2N6/c49-39-29-45(55(51-25-21-31-9-1-5-13-41(31)51)52-26-22-32-10-2-6-14-42(32)52)37-19-17-36-40(50)30-46(38-20-18-35(39)47(37)48(36)38)56(53-27-23-33-11-3-7-15-43(33)53)54-28-24-34-12-4-8-16-44(34)54/h1-31,41H. The minimum absolute atomic E-state index is 0.0202. The molecule has 56 heavy (non-hydrogen) atoms. The first-order valence-corrected chi connectivity index (χ1v) is 18.8. The van der Waals surface area contributed by atoms with Crippen molar-refractivity contribution in [1.29, 1.82) is 0 Å². The number of halogens is 2. The van der Waals surface area contributed by atoms with Crippen molar-refractivity contribution in [3.8, 4) is 0 Å². The van der Waals surface area contributed by atoms with E-state index in [0.717, 1.165) is 43.5 Å². The molecule has 0 N–H and O–H groups in total. The Morgan fingerprint density at radius 1 is 0.446 bits per heavy atom. The Morgan fingerprint density at radius 3 is 1.43 bits per heavy atom. The van der Waals surface area contributed by atoms with E-state index in [1.54, 1.807) is 12.1 Å². The minimum atomic E-state index is -0.386. The molecular weight excluding hydrogens is 699 g/mol. The van der Waals surface area contributed by atoms with Gasteiger partial charge in [-0.05, 0) is 36.4 Å². The molecule has 2 atom stereocenters. The summed E-state index contributed by atoms with van der Waals surface area (Å²) in [6, 6.07) is 41.5. The van der Waals surface area contributed by atoms with Crippen molar-refractivity contribution in [2.24, 2.45) is 5.92 Å². The lowest BCUT2D eigenvalue weighted by Crippen LogP contribution is -2.47. The van der Waals surface area contributed by atoms with Gasteiger partial charge in [0.05, 0.1) is 34.0 Å². The number of hydrazine groups is 1. The monoisotopic (exact) mass is 730 g/mol. The molecule has 0 amide bonds. The number of para-hydroxylation sites is 3. The summed E-state index contributed by atoms with van der Waals surface area (Å²) in [4.78, 5) is 0. The van der Waals surface area contributed by atoms with Crippen LogP contribution in [0.3, 0.4) is 0 Å². The molecule has 2 unspecified atom stereocenters. The Kier molecular flexibility index (Phi) is 6.43. The zero-order valence-corrected chi connectivity index (χ0v) is 29.9. The normalized spacial score (nSPS) is 16.5. The van der Waals surface area contributed by atoms with Gasteiger partial charge < -0.3 is 0 Å². The lowest BCUT2D eigenvalue weighted by Gasteiger charge is -2.40. The van der Waals surface area contributed by atoms with Gasteiger partial charge in [0.25, 0.3) is 0 Å². The summed E-state index contributed by atoms with van der Waals surface area (Å²) < 4.78 is 40.1. The average Bonchev–Trinajstić information content (AvgIpc) is 4.05. The predicted octanol–water partition coefficient (Wildman–Crippen LogP) is 11.6. The maximum Gasteiger partial charge on any atom is 0.133 e. The van der Waals surface area contributed by atoms with Crippen LogP contribution in [-0.2, 0) is 0 Å². The van der Waals surface area contributed by atoms with Gasteiger partial charge in [-0.25, -0.2) is 22.8 Å². The third-order valence-electron chi connectivity index (χ3n) is 11.7. The summed E-state index contributed by atoms with van der Waals surface area (Å²) in [6.45, 7) is 0. The van der Waals surface area contributed by atoms with E-state index < -0.39 is 0 Å². The largest absolute Gasteiger partial charge is 0.266 e. The van der Waals surface area contributed by atoms with Crippen LogP contribution in [0, 0.1) is 17.6 Å². The van der Waals surface area contributed by atoms with Crippen molar-refractivity contribution < 1.29 is 8.78 Å². The fourth-order valence-corrected chi connectivity index (χ4v) is 9.12. The molecule has 10 aromatic rings. The van der Waals surface area contributed by atoms with Crippen LogP contribution in [0.4, 0.5) is 20.2 Å². The topological polar surface area (TPSA) is 24.5 Å². The number of nitrogens with zero attached hydrogens (tertiary/aromatic N) is 6. The van der Waals surface area contributed by atoms with E-state index in [2.05, 4.69) is 115 Å². The van der Waals surface area contributed by atoms with E-state index in [9.17, 15) is 0 Å². The Labute approximate surface area is 319 Å². The van der Waals surface area contributed by atoms with E-state index in [1.165, 1.54) is 0 Å². The van der Waals surface area contributed by atoms with E-state index in [0.29, 0.717) is 32.9 Å². The molecular formula is C48H32F2N6. The molecule has 268 valence electrons. The van der Waals surface area contributed by atoms with Crippen molar-refractivity contribution in [2.75, 3.05) is 10.2 Å². The lowest BCUT2D eigenvalue weighted by atomic mass is 9.92. The highest BCUT2D eigenvalue weighted by Gasteiger charge is 2.34. The molecule has 0 fully saturated rings. The number of anilines is 2. The van der Waals surface area contributed by atoms with Gasteiger partial charge in [0.1, 0.15) is 11.6 Å². The Morgan fingerprint density at radius 2 is 0.893 bits per heavy atom. The molecule has 1 aliphatic heterocycles. The Balaban J connectivity index is 1.16. The number of rotatable bonds is 6. The van der Waals surface area contributed by atoms with Crippen LogP contribution >= 0.6 is 0 Å². The number of allylic oxidation sites excluding steroid dienone is 2. The van der Waals surface area contributed by atoms with Gasteiger partial charge in [-0.15, -0.1) is 0 Å². The molecule has 0 saturated carbocycles. The van der Waals surface area contributed by atoms with Crippen LogP contribution < -0.4 is 10.2 Å². The Bertz CT molecular complexity index is 3220. The fraction of sp³-hybridized carbons (Fsp3) is 0.0417. The molecule has 6 nitrogen and oxygen atoms in total. The molecule has 0 spiro atoms. The quantitative estimate of drug-likeness (QED) is 0.159. The number of hydrogen-bond donors (Lipinski definition) is 0. The van der Waals surface area contributed by atoms with Crippen LogP contribution in [-0.4, -0.2) is 25.1 Å². The van der Waals surface area contributed by atoms with E-state index in [-0.39, 0.29) is 23.6 Å². The van der Waals surface area contributed by atoms with Crippen LogP contribution in [0.15, 0.2) is 183 Å². The zero-order valence-electron chi connectivity index (χ0n) is 29.9. The van der Waals surface area contributed by atoms with Crippen LogP contribution in [0.2, 0.25) is 0 Å². The molecule has 0 bridgehead atoms. The second-order valence-electron chi connectivity index (χ2n) is 14.6. The third-order valence-corrected chi connectivity index (χ3v) is 11.7. The summed E-state index contributed by atoms with van der Waals surface area (Å²) in [5.41, 5.74) is 4.17. The molecule has 3 aromatic heterocycles. The first-order valence-electron chi connectivity index (χ1n) is 18.8. The van der Waals surface area contributed by atoms with Crippen LogP contribution in [0.25, 0.3) is 65.0 Å². The highest BCUT2D eigenvalue weighted by molar-refractivity contribution is 6.27. The number of benzene rings is 7. The van der Waals surface area contributed by atoms with Crippen molar-refractivity contribution in [3.05, 3.63) is 194 Å². The second kappa shape index (κ2) is 11.6. The molecule has 8 heteroatoms. The van der Waals surface area contributed by atoms with Gasteiger partial charge in [0.15, 0.2) is 0 Å². The van der Waals surface area contributed by atoms with Crippen molar-refractivity contribution in [1.82, 2.24) is 19.0 Å². The summed E-state index contributed by atoms with van der Waals surface area (Å²) in [6.07, 6.45) is 18.8. The minimum Gasteiger partial charge on any atom is -0.266 e. The van der Waals surface area contributed by atoms with E-state index in [4.69, 9.17) is 0 Å². The van der Waals surface area contributed by atoms with Gasteiger partial charge in [-0.3, -0.25) is 5.01 Å². The SMILES string of the molecule is Fc1cc(N(N2C=CC3C=CC=CC32)n2ccc3ccccc32)c2ccc3c(F)cc(N(n4ccc5ccccc54)n4ccc5ccccc54)c4ccc1c2c34. The van der Waals surface area contributed by atoms with Gasteiger partial charge in [-0.1, -0.05) is 109 Å². The smallest absolute Gasteiger partial charge is 0.133 e. The van der Waals surface area contributed by atoms with E-state index >= 15 is 8.78 Å². The summed E-state index contributed by atoms with van der Waals surface area (Å²) >= 11 is 0. The highest BCUT2D eigenvalue weighted by atomic mass is 19.1.